The first-order chi connectivity index (χ1) is 8.88. The van der Waals surface area contributed by atoms with E-state index in [1.165, 1.54) is 32.4 Å². The Morgan fingerprint density at radius 2 is 1.89 bits per heavy atom. The Labute approximate surface area is 110 Å². The molecule has 1 heterocycles. The number of hydrogen-bond acceptors (Lipinski definition) is 3. The Kier molecular flexibility index (Phi) is 5.24. The number of hydroxylamine groups is 2. The van der Waals surface area contributed by atoms with Crippen LogP contribution in [-0.4, -0.2) is 36.3 Å². The van der Waals surface area contributed by atoms with Gasteiger partial charge in [0.05, 0.1) is 13.2 Å². The van der Waals surface area contributed by atoms with Gasteiger partial charge in [0.1, 0.15) is 5.75 Å². The number of piperidine rings is 1. The van der Waals surface area contributed by atoms with E-state index in [1.807, 2.05) is 41.5 Å². The van der Waals surface area contributed by atoms with Crippen molar-refractivity contribution in [3.8, 4) is 5.75 Å². The van der Waals surface area contributed by atoms with Gasteiger partial charge in [-0.15, -0.1) is 11.6 Å². The number of rotatable bonds is 6. The van der Waals surface area contributed by atoms with Crippen molar-refractivity contribution < 1.29 is 4.84 Å². The van der Waals surface area contributed by atoms with Crippen LogP contribution in [0.5, 0.6) is 5.75 Å². The predicted octanol–water partition coefficient (Wildman–Crippen LogP) is 2.91. The molecule has 1 aromatic carbocycles. The molecule has 0 spiro atoms. The minimum absolute atomic E-state index is 0.741. The van der Waals surface area contributed by atoms with Crippen molar-refractivity contribution in [2.24, 2.45) is 0 Å². The van der Waals surface area contributed by atoms with E-state index in [1.54, 1.807) is 0 Å². The van der Waals surface area contributed by atoms with E-state index in [0.29, 0.717) is 0 Å². The van der Waals surface area contributed by atoms with E-state index in [0.717, 1.165) is 19.0 Å². The molecule has 3 heteroatoms. The molecule has 0 radical (unpaired) electrons. The van der Waals surface area contributed by atoms with E-state index in [2.05, 4.69) is 11.5 Å². The molecule has 0 N–H and O–H groups in total. The van der Waals surface area contributed by atoms with Crippen LogP contribution in [0.1, 0.15) is 19.3 Å². The van der Waals surface area contributed by atoms with Gasteiger partial charge in [-0.05, 0) is 38.1 Å². The molecule has 0 aliphatic carbocycles. The van der Waals surface area contributed by atoms with E-state index in [4.69, 9.17) is 4.84 Å². The molecule has 18 heavy (non-hydrogen) atoms. The lowest BCUT2D eigenvalue weighted by molar-refractivity contribution is -0.0894. The van der Waals surface area contributed by atoms with Crippen molar-refractivity contribution in [3.05, 3.63) is 43.0 Å². The molecular weight excluding hydrogens is 224 g/mol. The lowest BCUT2D eigenvalue weighted by Gasteiger charge is -2.31. The second-order valence-corrected chi connectivity index (χ2v) is 4.68. The highest BCUT2D eigenvalue weighted by Crippen LogP contribution is 2.13. The highest BCUT2D eigenvalue weighted by Gasteiger charge is 2.14. The maximum Gasteiger partial charge on any atom is 0.147 e. The molecule has 0 atom stereocenters. The van der Waals surface area contributed by atoms with Gasteiger partial charge in [0.2, 0.25) is 0 Å². The van der Waals surface area contributed by atoms with Gasteiger partial charge in [-0.2, -0.15) is 0 Å². The van der Waals surface area contributed by atoms with E-state index in [-0.39, 0.29) is 0 Å². The zero-order valence-electron chi connectivity index (χ0n) is 10.9. The Morgan fingerprint density at radius 1 is 1.17 bits per heavy atom. The summed E-state index contributed by atoms with van der Waals surface area (Å²) in [7, 11) is 0. The van der Waals surface area contributed by atoms with Gasteiger partial charge in [-0.3, -0.25) is 4.90 Å². The average Bonchev–Trinajstić information content (AvgIpc) is 2.41. The average molecular weight is 246 g/mol. The zero-order valence-corrected chi connectivity index (χ0v) is 10.9. The molecular formula is C15H22N2O. The first kappa shape index (κ1) is 13.1. The quantitative estimate of drug-likeness (QED) is 0.567. The van der Waals surface area contributed by atoms with Gasteiger partial charge >= 0.3 is 0 Å². The summed E-state index contributed by atoms with van der Waals surface area (Å²) in [5, 5.41) is 1.97. The number of benzene rings is 1. The third-order valence-corrected chi connectivity index (χ3v) is 3.12. The summed E-state index contributed by atoms with van der Waals surface area (Å²) < 4.78 is 0. The van der Waals surface area contributed by atoms with Crippen molar-refractivity contribution in [2.45, 2.75) is 19.3 Å². The first-order valence-electron chi connectivity index (χ1n) is 6.70. The lowest BCUT2D eigenvalue weighted by Crippen LogP contribution is -2.42. The van der Waals surface area contributed by atoms with Crippen LogP contribution in [-0.2, 0) is 0 Å². The molecule has 1 aliphatic heterocycles. The molecule has 0 bridgehead atoms. The molecule has 0 amide bonds. The normalized spacial score (nSPS) is 16.7. The molecule has 0 aromatic heterocycles. The summed E-state index contributed by atoms with van der Waals surface area (Å²) in [6, 6.07) is 9.93. The Morgan fingerprint density at radius 3 is 2.56 bits per heavy atom. The van der Waals surface area contributed by atoms with Crippen molar-refractivity contribution in [2.75, 3.05) is 26.3 Å². The van der Waals surface area contributed by atoms with Crippen molar-refractivity contribution >= 4 is 0 Å². The minimum Gasteiger partial charge on any atom is -0.404 e. The third-order valence-electron chi connectivity index (χ3n) is 3.12. The van der Waals surface area contributed by atoms with Crippen LogP contribution in [0.4, 0.5) is 0 Å². The Balaban J connectivity index is 1.88. The van der Waals surface area contributed by atoms with Crippen LogP contribution >= 0.6 is 0 Å². The summed E-state index contributed by atoms with van der Waals surface area (Å²) in [5.41, 5.74) is 0. The van der Waals surface area contributed by atoms with Crippen LogP contribution in [0.3, 0.4) is 0 Å². The fraction of sp³-hybridized carbons (Fsp3) is 0.467. The molecule has 98 valence electrons. The largest absolute Gasteiger partial charge is 0.404 e. The van der Waals surface area contributed by atoms with Crippen molar-refractivity contribution in [1.82, 2.24) is 9.96 Å². The van der Waals surface area contributed by atoms with Crippen LogP contribution in [0.2, 0.25) is 0 Å². The van der Waals surface area contributed by atoms with Crippen LogP contribution in [0, 0.1) is 0 Å². The lowest BCUT2D eigenvalue weighted by atomic mass is 10.1. The Hall–Kier alpha value is -1.32. The topological polar surface area (TPSA) is 15.7 Å². The number of para-hydroxylation sites is 1. The summed E-state index contributed by atoms with van der Waals surface area (Å²) >= 11 is 0. The highest BCUT2D eigenvalue weighted by molar-refractivity contribution is 5.20. The molecule has 1 aliphatic rings. The van der Waals surface area contributed by atoms with Crippen molar-refractivity contribution in [3.63, 3.8) is 0 Å². The summed E-state index contributed by atoms with van der Waals surface area (Å²) in [5.74, 6) is 0.886. The zero-order chi connectivity index (χ0) is 12.6. The maximum atomic E-state index is 5.88. The fourth-order valence-corrected chi connectivity index (χ4v) is 2.22. The minimum atomic E-state index is 0.741. The van der Waals surface area contributed by atoms with Gasteiger partial charge in [0, 0.05) is 0 Å². The Bertz CT molecular complexity index is 347. The SMILES string of the molecule is C=CCN(CN1CCCCC1)Oc1ccccc1. The van der Waals surface area contributed by atoms with Gasteiger partial charge in [0.15, 0.2) is 0 Å². The van der Waals surface area contributed by atoms with Crippen LogP contribution in [0.15, 0.2) is 43.0 Å². The predicted molar refractivity (Wildman–Crippen MR) is 74.3 cm³/mol. The standard InChI is InChI=1S/C15H22N2O/c1-2-11-17(14-16-12-7-4-8-13-16)18-15-9-5-3-6-10-15/h2-3,5-6,9-10H,1,4,7-8,11-14H2. The molecule has 0 saturated carbocycles. The van der Waals surface area contributed by atoms with Crippen LogP contribution in [0.25, 0.3) is 0 Å². The molecule has 1 fully saturated rings. The molecule has 1 aromatic rings. The van der Waals surface area contributed by atoms with Crippen molar-refractivity contribution in [1.29, 1.82) is 0 Å². The first-order valence-corrected chi connectivity index (χ1v) is 6.70. The van der Waals surface area contributed by atoms with Crippen LogP contribution < -0.4 is 4.84 Å². The van der Waals surface area contributed by atoms with Gasteiger partial charge in [-0.25, -0.2) is 0 Å². The third kappa shape index (κ3) is 4.17. The molecule has 0 unspecified atom stereocenters. The number of hydrogen-bond donors (Lipinski definition) is 0. The second-order valence-electron chi connectivity index (χ2n) is 4.68. The molecule has 1 saturated heterocycles. The smallest absolute Gasteiger partial charge is 0.147 e. The molecule has 3 nitrogen and oxygen atoms in total. The number of nitrogens with zero attached hydrogens (tertiary/aromatic N) is 2. The van der Waals surface area contributed by atoms with E-state index >= 15 is 0 Å². The summed E-state index contributed by atoms with van der Waals surface area (Å²) in [6.45, 7) is 7.73. The van der Waals surface area contributed by atoms with Gasteiger partial charge in [-0.1, -0.05) is 30.7 Å². The van der Waals surface area contributed by atoms with E-state index < -0.39 is 0 Å². The van der Waals surface area contributed by atoms with Gasteiger partial charge in [0.25, 0.3) is 0 Å². The molecule has 2 rings (SSSR count). The maximum absolute atomic E-state index is 5.88. The number of likely N-dealkylation sites (tertiary alicyclic amines) is 1. The second kappa shape index (κ2) is 7.19. The highest BCUT2D eigenvalue weighted by atomic mass is 16.7. The fourth-order valence-electron chi connectivity index (χ4n) is 2.22. The summed E-state index contributed by atoms with van der Waals surface area (Å²) in [4.78, 5) is 8.32. The monoisotopic (exact) mass is 246 g/mol. The van der Waals surface area contributed by atoms with Gasteiger partial charge < -0.3 is 4.84 Å². The van der Waals surface area contributed by atoms with E-state index in [9.17, 15) is 0 Å². The summed E-state index contributed by atoms with van der Waals surface area (Å²) in [6.07, 6.45) is 5.84.